The van der Waals surface area contributed by atoms with E-state index < -0.39 is 36.4 Å². The van der Waals surface area contributed by atoms with E-state index in [4.69, 9.17) is 10.2 Å². The minimum absolute atomic E-state index is 0. The third-order valence-corrected chi connectivity index (χ3v) is 1.51. The van der Waals surface area contributed by atoms with Crippen molar-refractivity contribution in [1.29, 1.82) is 0 Å². The fraction of sp³-hybridized carbons (Fsp3) is 0.571. The molecule has 0 aliphatic rings. The van der Waals surface area contributed by atoms with Gasteiger partial charge in [0, 0.05) is 0 Å². The number of carboxylic acid groups (broad SMARTS) is 2. The van der Waals surface area contributed by atoms with Crippen LogP contribution < -0.4 is 29.6 Å². The van der Waals surface area contributed by atoms with Gasteiger partial charge in [-0.25, -0.2) is 4.79 Å². The van der Waals surface area contributed by atoms with Gasteiger partial charge in [0.1, 0.15) is 0 Å². The average Bonchev–Trinajstić information content (AvgIpc) is 2.02. The molecule has 15 heavy (non-hydrogen) atoms. The Morgan fingerprint density at radius 3 is 2.00 bits per heavy atom. The van der Waals surface area contributed by atoms with Crippen molar-refractivity contribution in [3.05, 3.63) is 0 Å². The molecule has 1 atom stereocenters. The zero-order valence-corrected chi connectivity index (χ0v) is 10.4. The van der Waals surface area contributed by atoms with Gasteiger partial charge in [0.25, 0.3) is 0 Å². The van der Waals surface area contributed by atoms with Crippen molar-refractivity contribution in [1.82, 2.24) is 0 Å². The van der Waals surface area contributed by atoms with Crippen LogP contribution in [0.15, 0.2) is 0 Å². The van der Waals surface area contributed by atoms with Crippen LogP contribution >= 0.6 is 0 Å². The Bertz CT molecular complexity index is 269. The van der Waals surface area contributed by atoms with Gasteiger partial charge >= 0.3 is 47.5 Å². The van der Waals surface area contributed by atoms with Crippen LogP contribution in [0.1, 0.15) is 14.3 Å². The third kappa shape index (κ3) is 5.73. The number of carbonyl (C=O) groups excluding carboxylic acids is 1. The first-order valence-electron chi connectivity index (χ1n) is 3.56. The van der Waals surface area contributed by atoms with Gasteiger partial charge in [-0.05, 0) is 0 Å². The van der Waals surface area contributed by atoms with Gasteiger partial charge in [-0.1, -0.05) is 0 Å². The molecular weight excluding hydrogens is 219 g/mol. The molecule has 0 aromatic heterocycles. The Kier molecular flexibility index (Phi) is 7.59. The van der Waals surface area contributed by atoms with Crippen molar-refractivity contribution in [2.75, 3.05) is 7.11 Å². The number of hydrogen-bond donors (Lipinski definition) is 3. The van der Waals surface area contributed by atoms with Gasteiger partial charge in [-0.3, -0.25) is 9.59 Å². The van der Waals surface area contributed by atoms with Crippen molar-refractivity contribution >= 4 is 17.9 Å². The largest absolute Gasteiger partial charge is 1.00 e. The molecule has 82 valence electrons. The van der Waals surface area contributed by atoms with Crippen molar-refractivity contribution < 1.29 is 65.4 Å². The molecule has 0 aliphatic heterocycles. The molecule has 0 heterocycles. The van der Waals surface area contributed by atoms with Crippen LogP contribution in [0.2, 0.25) is 0 Å². The van der Waals surface area contributed by atoms with Gasteiger partial charge in [0.2, 0.25) is 0 Å². The predicted molar refractivity (Wildman–Crippen MR) is 42.6 cm³/mol. The second-order valence-corrected chi connectivity index (χ2v) is 2.66. The zero-order valence-electron chi connectivity index (χ0n) is 9.39. The van der Waals surface area contributed by atoms with E-state index in [2.05, 4.69) is 4.74 Å². The molecule has 0 radical (unpaired) electrons. The quantitative estimate of drug-likeness (QED) is 0.324. The summed E-state index contributed by atoms with van der Waals surface area (Å²) in [4.78, 5) is 31.4. The van der Waals surface area contributed by atoms with Gasteiger partial charge in [0.15, 0.2) is 5.60 Å². The Hall–Kier alpha value is -0.630. The number of hydrogen-bond acceptors (Lipinski definition) is 5. The monoisotopic (exact) mass is 230 g/mol. The maximum atomic E-state index is 10.7. The molecule has 0 rings (SSSR count). The van der Waals surface area contributed by atoms with E-state index in [1.807, 2.05) is 0 Å². The van der Waals surface area contributed by atoms with Crippen LogP contribution in [-0.4, -0.2) is 45.9 Å². The molecule has 0 aromatic rings. The predicted octanol–water partition coefficient (Wildman–Crippen LogP) is -4.04. The molecule has 0 saturated carbocycles. The van der Waals surface area contributed by atoms with E-state index >= 15 is 0 Å². The second kappa shape index (κ2) is 6.78. The first-order chi connectivity index (χ1) is 6.31. The second-order valence-electron chi connectivity index (χ2n) is 2.66. The molecule has 0 spiro atoms. The minimum Gasteiger partial charge on any atom is -1.00 e. The van der Waals surface area contributed by atoms with Gasteiger partial charge in [0.05, 0.1) is 20.0 Å². The van der Waals surface area contributed by atoms with Crippen LogP contribution in [0.3, 0.4) is 0 Å². The van der Waals surface area contributed by atoms with E-state index in [9.17, 15) is 19.5 Å². The topological polar surface area (TPSA) is 121 Å². The molecule has 0 aliphatic carbocycles. The van der Waals surface area contributed by atoms with E-state index in [0.29, 0.717) is 0 Å². The van der Waals surface area contributed by atoms with E-state index in [1.165, 1.54) is 0 Å². The zero-order chi connectivity index (χ0) is 11.4. The van der Waals surface area contributed by atoms with E-state index in [0.717, 1.165) is 7.11 Å². The van der Waals surface area contributed by atoms with Crippen molar-refractivity contribution in [2.45, 2.75) is 18.4 Å². The SMILES string of the molecule is COC(=O)CC(O)(CC(=O)O)C(=O)O.[H-].[Na+]. The first-order valence-corrected chi connectivity index (χ1v) is 3.56. The number of carbonyl (C=O) groups is 3. The Balaban J connectivity index is -0.000000845. The van der Waals surface area contributed by atoms with Crippen molar-refractivity contribution in [3.8, 4) is 0 Å². The summed E-state index contributed by atoms with van der Waals surface area (Å²) in [6.07, 6.45) is -1.96. The summed E-state index contributed by atoms with van der Waals surface area (Å²) >= 11 is 0. The van der Waals surface area contributed by atoms with E-state index in [-0.39, 0.29) is 31.0 Å². The summed E-state index contributed by atoms with van der Waals surface area (Å²) < 4.78 is 4.12. The first kappa shape index (κ1) is 16.8. The third-order valence-electron chi connectivity index (χ3n) is 1.51. The van der Waals surface area contributed by atoms with Crippen molar-refractivity contribution in [2.24, 2.45) is 0 Å². The fourth-order valence-electron chi connectivity index (χ4n) is 0.775. The van der Waals surface area contributed by atoms with Crippen LogP contribution in [0.4, 0.5) is 0 Å². The maximum Gasteiger partial charge on any atom is 1.00 e. The number of rotatable bonds is 5. The fourth-order valence-corrected chi connectivity index (χ4v) is 0.775. The Morgan fingerprint density at radius 2 is 1.73 bits per heavy atom. The number of esters is 1. The number of ether oxygens (including phenoxy) is 1. The summed E-state index contributed by atoms with van der Waals surface area (Å²) in [6.45, 7) is 0. The molecule has 0 bridgehead atoms. The number of carboxylic acids is 2. The maximum absolute atomic E-state index is 10.7. The smallest absolute Gasteiger partial charge is 1.00 e. The molecular formula is C7H11NaO7. The molecule has 0 aromatic carbocycles. The normalized spacial score (nSPS) is 13.2. The standard InChI is InChI=1S/C7H10O7.Na.H/c1-14-5(10)3-7(13,6(11)12)2-4(8)9;;/h13H,2-3H2,1H3,(H,8,9)(H,11,12);;/q;+1;-1. The molecule has 1 unspecified atom stereocenters. The average molecular weight is 230 g/mol. The van der Waals surface area contributed by atoms with Gasteiger partial charge < -0.3 is 21.5 Å². The molecule has 8 heteroatoms. The molecule has 0 saturated heterocycles. The van der Waals surface area contributed by atoms with Gasteiger partial charge in [-0.2, -0.15) is 0 Å². The van der Waals surface area contributed by atoms with Crippen LogP contribution in [0.25, 0.3) is 0 Å². The molecule has 3 N–H and O–H groups in total. The Labute approximate surface area is 109 Å². The summed E-state index contributed by atoms with van der Waals surface area (Å²) in [6, 6.07) is 0. The molecule has 0 amide bonds. The number of methoxy groups -OCH3 is 1. The summed E-state index contributed by atoms with van der Waals surface area (Å²) in [5.74, 6) is -4.28. The summed E-state index contributed by atoms with van der Waals surface area (Å²) in [5, 5.41) is 26.1. The van der Waals surface area contributed by atoms with Crippen LogP contribution in [0, 0.1) is 0 Å². The molecule has 7 nitrogen and oxygen atoms in total. The van der Waals surface area contributed by atoms with Crippen LogP contribution in [0.5, 0.6) is 0 Å². The summed E-state index contributed by atoms with van der Waals surface area (Å²) in [7, 11) is 1.01. The van der Waals surface area contributed by atoms with E-state index in [1.54, 1.807) is 0 Å². The van der Waals surface area contributed by atoms with Gasteiger partial charge in [-0.15, -0.1) is 0 Å². The Morgan fingerprint density at radius 1 is 1.27 bits per heavy atom. The van der Waals surface area contributed by atoms with Crippen LogP contribution in [-0.2, 0) is 19.1 Å². The number of aliphatic carboxylic acids is 2. The minimum atomic E-state index is -2.61. The van der Waals surface area contributed by atoms with Crippen molar-refractivity contribution in [3.63, 3.8) is 0 Å². The summed E-state index contributed by atoms with van der Waals surface area (Å²) in [5.41, 5.74) is -2.61. The molecule has 0 fully saturated rings. The number of aliphatic hydroxyl groups is 1.